The summed E-state index contributed by atoms with van der Waals surface area (Å²) in [6.07, 6.45) is 1.43. The Balaban J connectivity index is 2.08. The van der Waals surface area contributed by atoms with Crippen molar-refractivity contribution in [2.45, 2.75) is 4.90 Å². The molecule has 2 rings (SSSR count). The van der Waals surface area contributed by atoms with Gasteiger partial charge in [-0.3, -0.25) is 4.79 Å². The molecule has 0 aliphatic rings. The number of hydrogen-bond donors (Lipinski definition) is 1. The van der Waals surface area contributed by atoms with Gasteiger partial charge in [-0.1, -0.05) is 41.9 Å². The summed E-state index contributed by atoms with van der Waals surface area (Å²) >= 11 is 6.95. The molecule has 0 saturated heterocycles. The van der Waals surface area contributed by atoms with Crippen LogP contribution in [0.15, 0.2) is 65.6 Å². The molecule has 0 heterocycles. The average molecular weight is 290 g/mol. The first kappa shape index (κ1) is 13.7. The number of rotatable bonds is 3. The zero-order valence-corrected chi connectivity index (χ0v) is 11.6. The van der Waals surface area contributed by atoms with E-state index < -0.39 is 0 Å². The third-order valence-electron chi connectivity index (χ3n) is 2.41. The Labute approximate surface area is 121 Å². The van der Waals surface area contributed by atoms with Gasteiger partial charge in [0.15, 0.2) is 0 Å². The minimum absolute atomic E-state index is 0.0985. The molecular weight excluding hydrogens is 278 g/mol. The maximum Gasteiger partial charge on any atom is 0.218 e. The van der Waals surface area contributed by atoms with E-state index in [1.165, 1.54) is 6.08 Å². The largest absolute Gasteiger partial charge is 0.398 e. The first-order valence-electron chi connectivity index (χ1n) is 5.65. The predicted molar refractivity (Wildman–Crippen MR) is 80.9 cm³/mol. The van der Waals surface area contributed by atoms with Crippen molar-refractivity contribution >= 4 is 34.2 Å². The second kappa shape index (κ2) is 6.45. The lowest BCUT2D eigenvalue weighted by atomic mass is 10.1. The van der Waals surface area contributed by atoms with E-state index in [2.05, 4.69) is 0 Å². The van der Waals surface area contributed by atoms with Gasteiger partial charge in [-0.05, 0) is 41.6 Å². The Morgan fingerprint density at radius 2 is 1.68 bits per heavy atom. The molecule has 0 fully saturated rings. The van der Waals surface area contributed by atoms with E-state index in [-0.39, 0.29) is 5.12 Å². The number of hydrogen-bond acceptors (Lipinski definition) is 3. The Morgan fingerprint density at radius 3 is 2.32 bits per heavy atom. The highest BCUT2D eigenvalue weighted by atomic mass is 35.5. The van der Waals surface area contributed by atoms with Gasteiger partial charge in [0.05, 0.1) is 0 Å². The average Bonchev–Trinajstić information content (AvgIpc) is 2.40. The second-order valence-corrected chi connectivity index (χ2v) is 5.36. The molecule has 0 atom stereocenters. The molecule has 0 bridgehead atoms. The van der Waals surface area contributed by atoms with Gasteiger partial charge in [-0.15, -0.1) is 0 Å². The lowest BCUT2D eigenvalue weighted by Crippen LogP contribution is -1.99. The quantitative estimate of drug-likeness (QED) is 0.687. The lowest BCUT2D eigenvalue weighted by molar-refractivity contribution is -0.107. The molecule has 0 spiro atoms. The fraction of sp³-hybridized carbons (Fsp3) is 0. The van der Waals surface area contributed by atoms with Crippen molar-refractivity contribution < 1.29 is 4.79 Å². The SMILES string of the molecule is N/C(=C\C(=O)Sc1ccccc1)c1ccc(Cl)cc1. The lowest BCUT2D eigenvalue weighted by Gasteiger charge is -2.02. The molecule has 2 nitrogen and oxygen atoms in total. The maximum atomic E-state index is 11.8. The summed E-state index contributed by atoms with van der Waals surface area (Å²) in [5.41, 5.74) is 7.10. The van der Waals surface area contributed by atoms with Crippen molar-refractivity contribution in [1.29, 1.82) is 0 Å². The van der Waals surface area contributed by atoms with Gasteiger partial charge in [0.25, 0.3) is 0 Å². The van der Waals surface area contributed by atoms with Crippen molar-refractivity contribution in [1.82, 2.24) is 0 Å². The monoisotopic (exact) mass is 289 g/mol. The Bertz CT molecular complexity index is 593. The standard InChI is InChI=1S/C15H12ClNOS/c16-12-8-6-11(7-9-12)14(17)10-15(18)19-13-4-2-1-3-5-13/h1-10H,17H2/b14-10-. The Hall–Kier alpha value is -1.71. The van der Waals surface area contributed by atoms with Gasteiger partial charge in [-0.2, -0.15) is 0 Å². The molecule has 0 aliphatic heterocycles. The van der Waals surface area contributed by atoms with Crippen molar-refractivity contribution in [3.05, 3.63) is 71.3 Å². The van der Waals surface area contributed by atoms with Crippen LogP contribution >= 0.6 is 23.4 Å². The van der Waals surface area contributed by atoms with Gasteiger partial charge < -0.3 is 5.73 Å². The van der Waals surface area contributed by atoms with Gasteiger partial charge in [0.2, 0.25) is 5.12 Å². The van der Waals surface area contributed by atoms with E-state index in [1.807, 2.05) is 30.3 Å². The van der Waals surface area contributed by atoms with E-state index in [4.69, 9.17) is 17.3 Å². The van der Waals surface area contributed by atoms with E-state index in [9.17, 15) is 4.79 Å². The summed E-state index contributed by atoms with van der Waals surface area (Å²) in [6.45, 7) is 0. The molecule has 0 aromatic heterocycles. The van der Waals surface area contributed by atoms with E-state index >= 15 is 0 Å². The molecule has 96 valence electrons. The Morgan fingerprint density at radius 1 is 1.05 bits per heavy atom. The minimum atomic E-state index is -0.0985. The molecule has 2 N–H and O–H groups in total. The van der Waals surface area contributed by atoms with E-state index in [0.717, 1.165) is 22.2 Å². The first-order valence-corrected chi connectivity index (χ1v) is 6.84. The number of halogens is 1. The smallest absolute Gasteiger partial charge is 0.218 e. The highest BCUT2D eigenvalue weighted by Gasteiger charge is 2.04. The van der Waals surface area contributed by atoms with Crippen molar-refractivity contribution in [2.24, 2.45) is 5.73 Å². The predicted octanol–water partition coefficient (Wildman–Crippen LogP) is 3.96. The molecule has 0 amide bonds. The molecule has 0 unspecified atom stereocenters. The number of benzene rings is 2. The maximum absolute atomic E-state index is 11.8. The van der Waals surface area contributed by atoms with Crippen LogP contribution in [0.25, 0.3) is 5.70 Å². The van der Waals surface area contributed by atoms with Crippen molar-refractivity contribution in [3.8, 4) is 0 Å². The molecule has 0 saturated carbocycles. The zero-order chi connectivity index (χ0) is 13.7. The van der Waals surface area contributed by atoms with Crippen LogP contribution in [-0.2, 0) is 4.79 Å². The minimum Gasteiger partial charge on any atom is -0.398 e. The van der Waals surface area contributed by atoms with Crippen LogP contribution < -0.4 is 5.73 Å². The topological polar surface area (TPSA) is 43.1 Å². The van der Waals surface area contributed by atoms with E-state index in [0.29, 0.717) is 10.7 Å². The number of carbonyl (C=O) groups is 1. The summed E-state index contributed by atoms with van der Waals surface area (Å²) in [6, 6.07) is 16.5. The summed E-state index contributed by atoms with van der Waals surface area (Å²) in [7, 11) is 0. The van der Waals surface area contributed by atoms with Crippen LogP contribution in [0.2, 0.25) is 5.02 Å². The summed E-state index contributed by atoms with van der Waals surface area (Å²) in [4.78, 5) is 12.7. The molecule has 0 radical (unpaired) electrons. The summed E-state index contributed by atoms with van der Waals surface area (Å²) in [5.74, 6) is 0. The molecule has 19 heavy (non-hydrogen) atoms. The normalized spacial score (nSPS) is 11.3. The fourth-order valence-electron chi connectivity index (χ4n) is 1.49. The number of thioether (sulfide) groups is 1. The van der Waals surface area contributed by atoms with Crippen LogP contribution in [0.4, 0.5) is 0 Å². The highest BCUT2D eigenvalue weighted by molar-refractivity contribution is 8.14. The Kier molecular flexibility index (Phi) is 4.66. The van der Waals surface area contributed by atoms with Crippen LogP contribution in [0.3, 0.4) is 0 Å². The molecule has 0 aliphatic carbocycles. The number of nitrogens with two attached hydrogens (primary N) is 1. The molecule has 2 aromatic carbocycles. The van der Waals surface area contributed by atoms with Crippen LogP contribution in [-0.4, -0.2) is 5.12 Å². The van der Waals surface area contributed by atoms with Crippen LogP contribution in [0.1, 0.15) is 5.56 Å². The zero-order valence-electron chi connectivity index (χ0n) is 10.0. The van der Waals surface area contributed by atoms with Crippen molar-refractivity contribution in [2.75, 3.05) is 0 Å². The van der Waals surface area contributed by atoms with Crippen LogP contribution in [0.5, 0.6) is 0 Å². The number of carbonyl (C=O) groups excluding carboxylic acids is 1. The third kappa shape index (κ3) is 4.16. The fourth-order valence-corrected chi connectivity index (χ4v) is 2.32. The van der Waals surface area contributed by atoms with Gasteiger partial charge in [0, 0.05) is 21.7 Å². The summed E-state index contributed by atoms with van der Waals surface area (Å²) < 4.78 is 0. The molecule has 2 aromatic rings. The third-order valence-corrected chi connectivity index (χ3v) is 3.49. The molecule has 4 heteroatoms. The van der Waals surface area contributed by atoms with Gasteiger partial charge in [0.1, 0.15) is 0 Å². The van der Waals surface area contributed by atoms with Gasteiger partial charge >= 0.3 is 0 Å². The molecular formula is C15H12ClNOS. The van der Waals surface area contributed by atoms with E-state index in [1.54, 1.807) is 24.3 Å². The van der Waals surface area contributed by atoms with Gasteiger partial charge in [-0.25, -0.2) is 0 Å². The first-order chi connectivity index (χ1) is 9.15. The highest BCUT2D eigenvalue weighted by Crippen LogP contribution is 2.20. The second-order valence-electron chi connectivity index (χ2n) is 3.84. The van der Waals surface area contributed by atoms with Crippen molar-refractivity contribution in [3.63, 3.8) is 0 Å². The summed E-state index contributed by atoms with van der Waals surface area (Å²) in [5, 5.41) is 0.542. The van der Waals surface area contributed by atoms with Crippen LogP contribution in [0, 0.1) is 0 Å².